The highest BCUT2D eigenvalue weighted by atomic mass is 16.6. The summed E-state index contributed by atoms with van der Waals surface area (Å²) in [5.41, 5.74) is 4.23. The number of Topliss-reactive ketones (excluding diaryl/α,β-unsaturated/α-hetero) is 1. The van der Waals surface area contributed by atoms with Gasteiger partial charge in [0.15, 0.2) is 5.78 Å². The Bertz CT molecular complexity index is 841. The third-order valence-corrected chi connectivity index (χ3v) is 3.96. The number of benzene rings is 2. The zero-order valence-electron chi connectivity index (χ0n) is 12.1. The summed E-state index contributed by atoms with van der Waals surface area (Å²) in [4.78, 5) is 33.0. The van der Waals surface area contributed by atoms with Crippen molar-refractivity contribution in [2.24, 2.45) is 0 Å². The van der Waals surface area contributed by atoms with Gasteiger partial charge >= 0.3 is 5.97 Å². The first-order valence-corrected chi connectivity index (χ1v) is 7.11. The number of carboxylic acid groups (broad SMARTS) is 1. The molecule has 0 saturated heterocycles. The number of aliphatic carboxylic acids is 1. The lowest BCUT2D eigenvalue weighted by molar-refractivity contribution is -0.384. The first-order valence-electron chi connectivity index (χ1n) is 7.11. The average molecular weight is 311 g/mol. The molecule has 0 heterocycles. The van der Waals surface area contributed by atoms with E-state index in [9.17, 15) is 19.7 Å². The van der Waals surface area contributed by atoms with Gasteiger partial charge in [0.1, 0.15) is 0 Å². The van der Waals surface area contributed by atoms with Crippen LogP contribution in [0.4, 0.5) is 5.69 Å². The molecule has 0 aliphatic heterocycles. The highest BCUT2D eigenvalue weighted by molar-refractivity contribution is 5.98. The van der Waals surface area contributed by atoms with Gasteiger partial charge in [-0.05, 0) is 40.8 Å². The molecule has 0 fully saturated rings. The van der Waals surface area contributed by atoms with Gasteiger partial charge in [0.2, 0.25) is 0 Å². The minimum absolute atomic E-state index is 0.0352. The van der Waals surface area contributed by atoms with Gasteiger partial charge < -0.3 is 5.11 Å². The molecule has 1 aliphatic rings. The van der Waals surface area contributed by atoms with Crippen molar-refractivity contribution in [3.63, 3.8) is 0 Å². The van der Waals surface area contributed by atoms with E-state index in [4.69, 9.17) is 5.11 Å². The fourth-order valence-electron chi connectivity index (χ4n) is 2.85. The summed E-state index contributed by atoms with van der Waals surface area (Å²) >= 11 is 0. The van der Waals surface area contributed by atoms with Crippen LogP contribution in [0.15, 0.2) is 36.4 Å². The second-order valence-corrected chi connectivity index (χ2v) is 5.46. The van der Waals surface area contributed by atoms with E-state index in [2.05, 4.69) is 0 Å². The minimum atomic E-state index is -1.00. The number of fused-ring (bicyclic) bond motifs is 3. The molecule has 0 atom stereocenters. The summed E-state index contributed by atoms with van der Waals surface area (Å²) in [6.45, 7) is 0. The molecule has 23 heavy (non-hydrogen) atoms. The van der Waals surface area contributed by atoms with Crippen molar-refractivity contribution in [3.05, 3.63) is 63.2 Å². The molecule has 6 nitrogen and oxygen atoms in total. The Kier molecular flexibility index (Phi) is 3.65. The molecule has 3 rings (SSSR count). The Morgan fingerprint density at radius 2 is 1.70 bits per heavy atom. The fraction of sp³-hybridized carbons (Fsp3) is 0.176. The van der Waals surface area contributed by atoms with E-state index in [-0.39, 0.29) is 24.3 Å². The van der Waals surface area contributed by atoms with Crippen LogP contribution in [0.2, 0.25) is 0 Å². The van der Waals surface area contributed by atoms with E-state index in [1.807, 2.05) is 6.07 Å². The van der Waals surface area contributed by atoms with Crippen molar-refractivity contribution in [2.45, 2.75) is 19.3 Å². The molecule has 2 aromatic rings. The van der Waals surface area contributed by atoms with E-state index in [1.54, 1.807) is 24.3 Å². The molecular weight excluding hydrogens is 298 g/mol. The average Bonchev–Trinajstić information content (AvgIpc) is 2.88. The second-order valence-electron chi connectivity index (χ2n) is 5.46. The highest BCUT2D eigenvalue weighted by Crippen LogP contribution is 2.38. The van der Waals surface area contributed by atoms with Gasteiger partial charge in [-0.15, -0.1) is 0 Å². The van der Waals surface area contributed by atoms with Crippen molar-refractivity contribution in [2.75, 3.05) is 0 Å². The van der Waals surface area contributed by atoms with Crippen molar-refractivity contribution >= 4 is 17.4 Å². The summed E-state index contributed by atoms with van der Waals surface area (Å²) in [5.74, 6) is -1.21. The minimum Gasteiger partial charge on any atom is -0.481 e. The van der Waals surface area contributed by atoms with Gasteiger partial charge in [-0.2, -0.15) is 0 Å². The van der Waals surface area contributed by atoms with Crippen molar-refractivity contribution in [1.82, 2.24) is 0 Å². The molecule has 116 valence electrons. The normalized spacial score (nSPS) is 11.7. The maximum atomic E-state index is 12.0. The Hall–Kier alpha value is -3.02. The largest absolute Gasteiger partial charge is 0.481 e. The first kappa shape index (κ1) is 14.9. The lowest BCUT2D eigenvalue weighted by Gasteiger charge is -2.04. The lowest BCUT2D eigenvalue weighted by atomic mass is 10.00. The number of carbonyl (C=O) groups is 2. The van der Waals surface area contributed by atoms with E-state index in [0.717, 1.165) is 22.3 Å². The smallest absolute Gasteiger partial charge is 0.303 e. The van der Waals surface area contributed by atoms with Crippen LogP contribution in [0.1, 0.15) is 34.3 Å². The number of hydrogen-bond donors (Lipinski definition) is 1. The quantitative estimate of drug-likeness (QED) is 0.443. The number of nitrogens with zero attached hydrogens (tertiary/aromatic N) is 1. The van der Waals surface area contributed by atoms with Crippen LogP contribution in [0.3, 0.4) is 0 Å². The van der Waals surface area contributed by atoms with Crippen molar-refractivity contribution in [3.8, 4) is 11.1 Å². The molecule has 0 aromatic heterocycles. The number of carboxylic acids is 1. The van der Waals surface area contributed by atoms with Crippen molar-refractivity contribution in [1.29, 1.82) is 0 Å². The molecule has 6 heteroatoms. The van der Waals surface area contributed by atoms with Crippen LogP contribution < -0.4 is 0 Å². The molecule has 0 spiro atoms. The monoisotopic (exact) mass is 311 g/mol. The lowest BCUT2D eigenvalue weighted by Crippen LogP contribution is -2.04. The second kappa shape index (κ2) is 5.64. The zero-order chi connectivity index (χ0) is 16.6. The van der Waals surface area contributed by atoms with E-state index in [1.165, 1.54) is 6.07 Å². The number of hydrogen-bond acceptors (Lipinski definition) is 4. The molecule has 0 amide bonds. The maximum Gasteiger partial charge on any atom is 0.303 e. The summed E-state index contributed by atoms with van der Waals surface area (Å²) in [5, 5.41) is 19.5. The van der Waals surface area contributed by atoms with Gasteiger partial charge in [0.05, 0.1) is 11.3 Å². The fourth-order valence-corrected chi connectivity index (χ4v) is 2.85. The number of nitro benzene ring substituents is 1. The van der Waals surface area contributed by atoms with E-state index in [0.29, 0.717) is 12.0 Å². The van der Waals surface area contributed by atoms with Crippen LogP contribution in [-0.4, -0.2) is 21.8 Å². The zero-order valence-corrected chi connectivity index (χ0v) is 12.1. The van der Waals surface area contributed by atoms with Crippen LogP contribution in [-0.2, 0) is 11.2 Å². The summed E-state index contributed by atoms with van der Waals surface area (Å²) in [6.07, 6.45) is 0.307. The molecule has 1 N–H and O–H groups in total. The number of carbonyl (C=O) groups excluding carboxylic acids is 1. The number of non-ortho nitro benzene ring substituents is 1. The Balaban J connectivity index is 1.88. The standard InChI is InChI=1S/C17H13NO5/c19-16(5-6-17(20)21)10-1-3-14-11(7-10)8-12-9-13(18(22)23)2-4-15(12)14/h1-4,7,9H,5-6,8H2,(H,20,21). The van der Waals surface area contributed by atoms with Gasteiger partial charge in [-0.1, -0.05) is 12.1 Å². The van der Waals surface area contributed by atoms with E-state index < -0.39 is 10.9 Å². The number of nitro groups is 1. The molecular formula is C17H13NO5. The van der Waals surface area contributed by atoms with E-state index >= 15 is 0 Å². The van der Waals surface area contributed by atoms with Crippen LogP contribution in [0.5, 0.6) is 0 Å². The predicted octanol–water partition coefficient (Wildman–Crippen LogP) is 3.21. The number of ketones is 1. The number of rotatable bonds is 5. The molecule has 1 aliphatic carbocycles. The third kappa shape index (κ3) is 2.83. The first-order chi connectivity index (χ1) is 11.0. The summed E-state index contributed by atoms with van der Waals surface area (Å²) in [7, 11) is 0. The van der Waals surface area contributed by atoms with Crippen molar-refractivity contribution < 1.29 is 19.6 Å². The molecule has 0 saturated carbocycles. The van der Waals surface area contributed by atoms with Gasteiger partial charge in [0.25, 0.3) is 5.69 Å². The molecule has 2 aromatic carbocycles. The third-order valence-electron chi connectivity index (χ3n) is 3.96. The Morgan fingerprint density at radius 1 is 1.04 bits per heavy atom. The Morgan fingerprint density at radius 3 is 2.35 bits per heavy atom. The van der Waals surface area contributed by atoms with Gasteiger partial charge in [-0.25, -0.2) is 0 Å². The van der Waals surface area contributed by atoms with Crippen LogP contribution >= 0.6 is 0 Å². The highest BCUT2D eigenvalue weighted by Gasteiger charge is 2.22. The Labute approximate surface area is 131 Å². The van der Waals surface area contributed by atoms with Gasteiger partial charge in [-0.3, -0.25) is 19.7 Å². The molecule has 0 radical (unpaired) electrons. The summed E-state index contributed by atoms with van der Waals surface area (Å²) < 4.78 is 0. The van der Waals surface area contributed by atoms with Crippen LogP contribution in [0.25, 0.3) is 11.1 Å². The maximum absolute atomic E-state index is 12.0. The molecule has 0 bridgehead atoms. The topological polar surface area (TPSA) is 97.5 Å². The van der Waals surface area contributed by atoms with Gasteiger partial charge in [0, 0.05) is 24.1 Å². The molecule has 0 unspecified atom stereocenters. The predicted molar refractivity (Wildman–Crippen MR) is 82.5 cm³/mol. The SMILES string of the molecule is O=C(O)CCC(=O)c1ccc2c(c1)Cc1cc([N+](=O)[O-])ccc1-2. The summed E-state index contributed by atoms with van der Waals surface area (Å²) in [6, 6.07) is 10.0. The van der Waals surface area contributed by atoms with Crippen LogP contribution in [0, 0.1) is 10.1 Å².